The van der Waals surface area contributed by atoms with Gasteiger partial charge in [0.15, 0.2) is 0 Å². The third kappa shape index (κ3) is 3.08. The molecule has 1 aromatic rings. The first kappa shape index (κ1) is 12.2. The fourth-order valence-electron chi connectivity index (χ4n) is 1.50. The van der Waals surface area contributed by atoms with E-state index in [1.165, 1.54) is 0 Å². The predicted octanol–water partition coefficient (Wildman–Crippen LogP) is 2.14. The van der Waals surface area contributed by atoms with Crippen LogP contribution in [0.4, 0.5) is 4.79 Å². The number of carbonyl (C=O) groups is 2. The summed E-state index contributed by atoms with van der Waals surface area (Å²) >= 11 is 0. The van der Waals surface area contributed by atoms with Crippen molar-refractivity contribution in [3.8, 4) is 0 Å². The Morgan fingerprint density at radius 3 is 2.50 bits per heavy atom. The first-order valence-electron chi connectivity index (χ1n) is 5.17. The SMILES string of the molecule is CCC(C=O)N(Cc1ccccc1)C(=O)O. The molecule has 1 unspecified atom stereocenters. The standard InChI is InChI=1S/C12H15NO3/c1-2-11(9-14)13(12(15)16)8-10-6-4-3-5-7-10/h3-7,9,11H,2,8H2,1H3,(H,15,16). The summed E-state index contributed by atoms with van der Waals surface area (Å²) in [5, 5.41) is 9.03. The van der Waals surface area contributed by atoms with E-state index in [0.29, 0.717) is 12.7 Å². The Balaban J connectivity index is 2.80. The highest BCUT2D eigenvalue weighted by Crippen LogP contribution is 2.09. The number of aldehydes is 1. The van der Waals surface area contributed by atoms with E-state index in [-0.39, 0.29) is 6.54 Å². The number of hydrogen-bond donors (Lipinski definition) is 1. The van der Waals surface area contributed by atoms with Crippen LogP contribution in [0.25, 0.3) is 0 Å². The topological polar surface area (TPSA) is 57.6 Å². The minimum atomic E-state index is -1.07. The van der Waals surface area contributed by atoms with E-state index in [1.54, 1.807) is 6.92 Å². The van der Waals surface area contributed by atoms with Crippen LogP contribution in [0.15, 0.2) is 30.3 Å². The molecule has 0 saturated heterocycles. The third-order valence-electron chi connectivity index (χ3n) is 2.42. The van der Waals surface area contributed by atoms with Crippen LogP contribution in [0.5, 0.6) is 0 Å². The van der Waals surface area contributed by atoms with Gasteiger partial charge in [0.05, 0.1) is 6.04 Å². The zero-order valence-corrected chi connectivity index (χ0v) is 9.17. The van der Waals surface area contributed by atoms with Gasteiger partial charge in [-0.05, 0) is 12.0 Å². The van der Waals surface area contributed by atoms with Crippen molar-refractivity contribution in [3.05, 3.63) is 35.9 Å². The Labute approximate surface area is 94.5 Å². The smallest absolute Gasteiger partial charge is 0.408 e. The fourth-order valence-corrected chi connectivity index (χ4v) is 1.50. The lowest BCUT2D eigenvalue weighted by Gasteiger charge is -2.24. The van der Waals surface area contributed by atoms with Crippen LogP contribution in [0.3, 0.4) is 0 Å². The minimum Gasteiger partial charge on any atom is -0.465 e. The van der Waals surface area contributed by atoms with Gasteiger partial charge in [0.2, 0.25) is 0 Å². The molecule has 0 aliphatic carbocycles. The average Bonchev–Trinajstić information content (AvgIpc) is 2.30. The zero-order valence-electron chi connectivity index (χ0n) is 9.17. The summed E-state index contributed by atoms with van der Waals surface area (Å²) in [6.45, 7) is 2.04. The van der Waals surface area contributed by atoms with Crippen molar-refractivity contribution >= 4 is 12.4 Å². The maximum atomic E-state index is 11.0. The van der Waals surface area contributed by atoms with Gasteiger partial charge in [0.1, 0.15) is 6.29 Å². The molecule has 0 saturated carbocycles. The molecule has 0 bridgehead atoms. The van der Waals surface area contributed by atoms with Gasteiger partial charge < -0.3 is 9.90 Å². The first-order chi connectivity index (χ1) is 7.69. The van der Waals surface area contributed by atoms with Gasteiger partial charge in [0, 0.05) is 6.54 Å². The molecule has 0 radical (unpaired) electrons. The van der Waals surface area contributed by atoms with Crippen molar-refractivity contribution in [2.24, 2.45) is 0 Å². The van der Waals surface area contributed by atoms with Crippen molar-refractivity contribution in [2.75, 3.05) is 0 Å². The minimum absolute atomic E-state index is 0.243. The Bertz CT molecular complexity index is 351. The van der Waals surface area contributed by atoms with E-state index in [9.17, 15) is 9.59 Å². The van der Waals surface area contributed by atoms with Crippen LogP contribution in [0, 0.1) is 0 Å². The molecule has 86 valence electrons. The number of amides is 1. The van der Waals surface area contributed by atoms with Gasteiger partial charge in [-0.15, -0.1) is 0 Å². The molecule has 0 spiro atoms. The molecule has 0 heterocycles. The molecule has 1 N–H and O–H groups in total. The Morgan fingerprint density at radius 1 is 1.44 bits per heavy atom. The number of rotatable bonds is 5. The molecule has 0 aliphatic rings. The normalized spacial score (nSPS) is 11.8. The molecule has 1 rings (SSSR count). The number of hydrogen-bond acceptors (Lipinski definition) is 2. The van der Waals surface area contributed by atoms with Gasteiger partial charge in [0.25, 0.3) is 0 Å². The molecule has 16 heavy (non-hydrogen) atoms. The number of carboxylic acid groups (broad SMARTS) is 1. The zero-order chi connectivity index (χ0) is 12.0. The second-order valence-electron chi connectivity index (χ2n) is 3.51. The summed E-state index contributed by atoms with van der Waals surface area (Å²) in [7, 11) is 0. The Hall–Kier alpha value is -1.84. The molecule has 1 aromatic carbocycles. The van der Waals surface area contributed by atoms with E-state index < -0.39 is 12.1 Å². The van der Waals surface area contributed by atoms with Crippen molar-refractivity contribution in [2.45, 2.75) is 25.9 Å². The van der Waals surface area contributed by atoms with E-state index in [2.05, 4.69) is 0 Å². The lowest BCUT2D eigenvalue weighted by molar-refractivity contribution is -0.112. The van der Waals surface area contributed by atoms with Crippen molar-refractivity contribution in [1.82, 2.24) is 4.90 Å². The van der Waals surface area contributed by atoms with Crippen LogP contribution < -0.4 is 0 Å². The lowest BCUT2D eigenvalue weighted by atomic mass is 10.1. The van der Waals surface area contributed by atoms with Crippen LogP contribution in [-0.2, 0) is 11.3 Å². The van der Waals surface area contributed by atoms with Gasteiger partial charge in [-0.1, -0.05) is 37.3 Å². The second-order valence-corrected chi connectivity index (χ2v) is 3.51. The largest absolute Gasteiger partial charge is 0.465 e. The van der Waals surface area contributed by atoms with Gasteiger partial charge in [-0.3, -0.25) is 4.90 Å². The van der Waals surface area contributed by atoms with E-state index >= 15 is 0 Å². The summed E-state index contributed by atoms with van der Waals surface area (Å²) in [4.78, 5) is 23.0. The van der Waals surface area contributed by atoms with Crippen LogP contribution in [0.2, 0.25) is 0 Å². The second kappa shape index (κ2) is 5.90. The van der Waals surface area contributed by atoms with E-state index in [1.807, 2.05) is 30.3 Å². The molecular weight excluding hydrogens is 206 g/mol. The molecule has 0 aliphatic heterocycles. The number of benzene rings is 1. The Kier molecular flexibility index (Phi) is 4.51. The lowest BCUT2D eigenvalue weighted by Crippen LogP contribution is -2.39. The quantitative estimate of drug-likeness (QED) is 0.775. The molecule has 4 nitrogen and oxygen atoms in total. The third-order valence-corrected chi connectivity index (χ3v) is 2.42. The van der Waals surface area contributed by atoms with Crippen molar-refractivity contribution < 1.29 is 14.7 Å². The number of nitrogens with zero attached hydrogens (tertiary/aromatic N) is 1. The highest BCUT2D eigenvalue weighted by molar-refractivity contribution is 5.71. The van der Waals surface area contributed by atoms with Crippen LogP contribution >= 0.6 is 0 Å². The van der Waals surface area contributed by atoms with Crippen molar-refractivity contribution in [1.29, 1.82) is 0 Å². The Morgan fingerprint density at radius 2 is 2.06 bits per heavy atom. The molecule has 1 amide bonds. The molecular formula is C12H15NO3. The number of carbonyl (C=O) groups excluding carboxylic acids is 1. The molecule has 4 heteroatoms. The highest BCUT2D eigenvalue weighted by atomic mass is 16.4. The maximum Gasteiger partial charge on any atom is 0.408 e. The maximum absolute atomic E-state index is 11.0. The molecule has 0 fully saturated rings. The fraction of sp³-hybridized carbons (Fsp3) is 0.333. The van der Waals surface area contributed by atoms with Crippen LogP contribution in [0.1, 0.15) is 18.9 Å². The average molecular weight is 221 g/mol. The van der Waals surface area contributed by atoms with Crippen molar-refractivity contribution in [3.63, 3.8) is 0 Å². The summed E-state index contributed by atoms with van der Waals surface area (Å²) in [6.07, 6.45) is 0.0995. The molecule has 0 aromatic heterocycles. The summed E-state index contributed by atoms with van der Waals surface area (Å²) in [5.74, 6) is 0. The van der Waals surface area contributed by atoms with E-state index in [4.69, 9.17) is 5.11 Å². The molecule has 1 atom stereocenters. The summed E-state index contributed by atoms with van der Waals surface area (Å²) < 4.78 is 0. The first-order valence-corrected chi connectivity index (χ1v) is 5.17. The van der Waals surface area contributed by atoms with Gasteiger partial charge in [-0.25, -0.2) is 4.79 Å². The van der Waals surface area contributed by atoms with Gasteiger partial charge in [-0.2, -0.15) is 0 Å². The van der Waals surface area contributed by atoms with E-state index in [0.717, 1.165) is 10.5 Å². The van der Waals surface area contributed by atoms with Gasteiger partial charge >= 0.3 is 6.09 Å². The summed E-state index contributed by atoms with van der Waals surface area (Å²) in [6, 6.07) is 8.67. The monoisotopic (exact) mass is 221 g/mol. The summed E-state index contributed by atoms with van der Waals surface area (Å²) in [5.41, 5.74) is 0.880. The van der Waals surface area contributed by atoms with Crippen LogP contribution in [-0.4, -0.2) is 28.4 Å². The predicted molar refractivity (Wildman–Crippen MR) is 60.2 cm³/mol. The highest BCUT2D eigenvalue weighted by Gasteiger charge is 2.21.